The standard InChI is InChI=1S/C11H20S2/c1-9(2)10(3)5-6-11-12-7-4-8-13-11/h10-11H,1,4-8H2,2-3H3/t10-/m0/s1. The Kier molecular flexibility index (Phi) is 5.34. The maximum absolute atomic E-state index is 4.01. The lowest BCUT2D eigenvalue weighted by atomic mass is 9.99. The number of hydrogen-bond donors (Lipinski definition) is 0. The van der Waals surface area contributed by atoms with Crippen molar-refractivity contribution in [2.24, 2.45) is 5.92 Å². The molecule has 0 aromatic rings. The summed E-state index contributed by atoms with van der Waals surface area (Å²) in [5.41, 5.74) is 1.34. The molecule has 0 bridgehead atoms. The molecule has 1 atom stereocenters. The van der Waals surface area contributed by atoms with Crippen molar-refractivity contribution >= 4 is 23.5 Å². The number of hydrogen-bond acceptors (Lipinski definition) is 2. The van der Waals surface area contributed by atoms with Crippen molar-refractivity contribution in [1.82, 2.24) is 0 Å². The Morgan fingerprint density at radius 1 is 1.46 bits per heavy atom. The maximum atomic E-state index is 4.01. The van der Waals surface area contributed by atoms with Crippen molar-refractivity contribution in [1.29, 1.82) is 0 Å². The molecule has 0 aromatic heterocycles. The van der Waals surface area contributed by atoms with E-state index in [1.165, 1.54) is 36.3 Å². The van der Waals surface area contributed by atoms with Gasteiger partial charge in [0.25, 0.3) is 0 Å². The Balaban J connectivity index is 2.13. The lowest BCUT2D eigenvalue weighted by molar-refractivity contribution is 0.599. The molecule has 1 aliphatic heterocycles. The Bertz CT molecular complexity index is 159. The second kappa shape index (κ2) is 6.02. The molecule has 0 aliphatic carbocycles. The van der Waals surface area contributed by atoms with Crippen LogP contribution >= 0.6 is 23.5 Å². The zero-order valence-corrected chi connectivity index (χ0v) is 10.3. The van der Waals surface area contributed by atoms with Crippen molar-refractivity contribution in [2.75, 3.05) is 11.5 Å². The maximum Gasteiger partial charge on any atom is 0.0502 e. The van der Waals surface area contributed by atoms with E-state index in [0.29, 0.717) is 5.92 Å². The fourth-order valence-corrected chi connectivity index (χ4v) is 4.23. The van der Waals surface area contributed by atoms with Crippen molar-refractivity contribution in [2.45, 2.75) is 37.7 Å². The third-order valence-corrected chi connectivity index (χ3v) is 5.65. The Labute approximate surface area is 90.9 Å². The van der Waals surface area contributed by atoms with E-state index in [9.17, 15) is 0 Å². The van der Waals surface area contributed by atoms with E-state index >= 15 is 0 Å². The molecule has 1 rings (SSSR count). The molecule has 0 amide bonds. The van der Waals surface area contributed by atoms with E-state index in [0.717, 1.165) is 4.58 Å². The molecule has 1 aliphatic rings. The summed E-state index contributed by atoms with van der Waals surface area (Å²) in [7, 11) is 0. The minimum atomic E-state index is 0.711. The van der Waals surface area contributed by atoms with Gasteiger partial charge in [-0.2, -0.15) is 0 Å². The van der Waals surface area contributed by atoms with Crippen molar-refractivity contribution in [3.8, 4) is 0 Å². The van der Waals surface area contributed by atoms with Crippen molar-refractivity contribution in [3.05, 3.63) is 12.2 Å². The summed E-state index contributed by atoms with van der Waals surface area (Å²) in [5.74, 6) is 3.46. The average Bonchev–Trinajstić information content (AvgIpc) is 2.15. The fraction of sp³-hybridized carbons (Fsp3) is 0.818. The molecule has 1 fully saturated rings. The molecule has 0 N–H and O–H groups in total. The number of allylic oxidation sites excluding steroid dienone is 1. The molecular weight excluding hydrogens is 196 g/mol. The van der Waals surface area contributed by atoms with Crippen LogP contribution in [0.4, 0.5) is 0 Å². The first-order valence-electron chi connectivity index (χ1n) is 5.08. The van der Waals surface area contributed by atoms with E-state index < -0.39 is 0 Å². The predicted octanol–water partition coefficient (Wildman–Crippen LogP) is 4.18. The van der Waals surface area contributed by atoms with Crippen LogP contribution in [0, 0.1) is 5.92 Å². The molecule has 0 radical (unpaired) electrons. The van der Waals surface area contributed by atoms with Gasteiger partial charge in [0.05, 0.1) is 4.58 Å². The molecule has 0 aromatic carbocycles. The molecule has 1 heterocycles. The van der Waals surface area contributed by atoms with Gasteiger partial charge >= 0.3 is 0 Å². The van der Waals surface area contributed by atoms with Crippen LogP contribution in [-0.2, 0) is 0 Å². The SMILES string of the molecule is C=C(C)[C@@H](C)CCC1SCCCS1. The Morgan fingerprint density at radius 3 is 2.62 bits per heavy atom. The fourth-order valence-electron chi connectivity index (χ4n) is 1.34. The molecule has 1 saturated heterocycles. The average molecular weight is 216 g/mol. The van der Waals surface area contributed by atoms with Gasteiger partial charge in [-0.25, -0.2) is 0 Å². The van der Waals surface area contributed by atoms with Gasteiger partial charge in [0.2, 0.25) is 0 Å². The van der Waals surface area contributed by atoms with Crippen LogP contribution in [0.3, 0.4) is 0 Å². The summed E-state index contributed by atoms with van der Waals surface area (Å²) < 4.78 is 0.871. The highest BCUT2D eigenvalue weighted by Gasteiger charge is 2.15. The number of thioether (sulfide) groups is 2. The molecule has 0 unspecified atom stereocenters. The van der Waals surface area contributed by atoms with Crippen LogP contribution in [0.2, 0.25) is 0 Å². The van der Waals surface area contributed by atoms with Gasteiger partial charge in [0.15, 0.2) is 0 Å². The summed E-state index contributed by atoms with van der Waals surface area (Å²) in [6.45, 7) is 8.44. The van der Waals surface area contributed by atoms with Crippen LogP contribution in [0.15, 0.2) is 12.2 Å². The monoisotopic (exact) mass is 216 g/mol. The predicted molar refractivity (Wildman–Crippen MR) is 66.5 cm³/mol. The van der Waals surface area contributed by atoms with Gasteiger partial charge in [0.1, 0.15) is 0 Å². The molecule has 0 nitrogen and oxygen atoms in total. The van der Waals surface area contributed by atoms with Crippen LogP contribution < -0.4 is 0 Å². The van der Waals surface area contributed by atoms with Gasteiger partial charge in [-0.15, -0.1) is 23.5 Å². The van der Waals surface area contributed by atoms with E-state index in [2.05, 4.69) is 44.0 Å². The number of rotatable bonds is 4. The second-order valence-electron chi connectivity index (χ2n) is 3.85. The van der Waals surface area contributed by atoms with E-state index in [1.807, 2.05) is 0 Å². The van der Waals surface area contributed by atoms with E-state index in [1.54, 1.807) is 0 Å². The van der Waals surface area contributed by atoms with E-state index in [-0.39, 0.29) is 0 Å². The molecule has 0 saturated carbocycles. The largest absolute Gasteiger partial charge is 0.148 e. The molecular formula is C11H20S2. The third kappa shape index (κ3) is 4.46. The first kappa shape index (κ1) is 11.5. The normalized spacial score (nSPS) is 21.4. The molecule has 76 valence electrons. The lowest BCUT2D eigenvalue weighted by Gasteiger charge is -2.22. The second-order valence-corrected chi connectivity index (χ2v) is 6.77. The van der Waals surface area contributed by atoms with Gasteiger partial charge in [-0.3, -0.25) is 0 Å². The highest BCUT2D eigenvalue weighted by atomic mass is 32.2. The smallest absolute Gasteiger partial charge is 0.0502 e. The summed E-state index contributed by atoms with van der Waals surface area (Å²) in [5, 5.41) is 0. The first-order chi connectivity index (χ1) is 6.20. The van der Waals surface area contributed by atoms with Gasteiger partial charge in [-0.05, 0) is 43.6 Å². The summed E-state index contributed by atoms with van der Waals surface area (Å²) >= 11 is 4.30. The highest BCUT2D eigenvalue weighted by molar-refractivity contribution is 8.17. The zero-order chi connectivity index (χ0) is 9.68. The zero-order valence-electron chi connectivity index (χ0n) is 8.71. The van der Waals surface area contributed by atoms with Crippen molar-refractivity contribution in [3.63, 3.8) is 0 Å². The Hall–Kier alpha value is 0.440. The Morgan fingerprint density at radius 2 is 2.08 bits per heavy atom. The first-order valence-corrected chi connectivity index (χ1v) is 7.18. The molecule has 2 heteroatoms. The van der Waals surface area contributed by atoms with Crippen LogP contribution in [-0.4, -0.2) is 16.1 Å². The third-order valence-electron chi connectivity index (χ3n) is 2.57. The minimum absolute atomic E-state index is 0.711. The summed E-state index contributed by atoms with van der Waals surface area (Å²) in [4.78, 5) is 0. The topological polar surface area (TPSA) is 0 Å². The van der Waals surface area contributed by atoms with E-state index in [4.69, 9.17) is 0 Å². The lowest BCUT2D eigenvalue weighted by Crippen LogP contribution is -2.08. The van der Waals surface area contributed by atoms with Gasteiger partial charge in [-0.1, -0.05) is 19.1 Å². The van der Waals surface area contributed by atoms with Crippen LogP contribution in [0.5, 0.6) is 0 Å². The van der Waals surface area contributed by atoms with Crippen LogP contribution in [0.1, 0.15) is 33.1 Å². The highest BCUT2D eigenvalue weighted by Crippen LogP contribution is 2.34. The van der Waals surface area contributed by atoms with Gasteiger partial charge in [0, 0.05) is 0 Å². The summed E-state index contributed by atoms with van der Waals surface area (Å²) in [6, 6.07) is 0. The summed E-state index contributed by atoms with van der Waals surface area (Å²) in [6.07, 6.45) is 4.09. The quantitative estimate of drug-likeness (QED) is 0.647. The molecule has 13 heavy (non-hydrogen) atoms. The van der Waals surface area contributed by atoms with Crippen molar-refractivity contribution < 1.29 is 0 Å². The molecule has 0 spiro atoms. The van der Waals surface area contributed by atoms with Crippen LogP contribution in [0.25, 0.3) is 0 Å². The van der Waals surface area contributed by atoms with Gasteiger partial charge < -0.3 is 0 Å². The minimum Gasteiger partial charge on any atom is -0.148 e.